The SMILES string of the molecule is CC(C)Oc1nc(N)nc(NCCc2cccs2)n1. The number of hydrogen-bond acceptors (Lipinski definition) is 7. The van der Waals surface area contributed by atoms with Crippen LogP contribution in [0.4, 0.5) is 11.9 Å². The van der Waals surface area contributed by atoms with Crippen LogP contribution in [0.3, 0.4) is 0 Å². The number of nitrogens with two attached hydrogens (primary N) is 1. The second kappa shape index (κ2) is 6.33. The maximum absolute atomic E-state index is 5.62. The van der Waals surface area contributed by atoms with Gasteiger partial charge in [-0.2, -0.15) is 15.0 Å². The average Bonchev–Trinajstić information content (AvgIpc) is 2.80. The minimum absolute atomic E-state index is 0.000712. The first kappa shape index (κ1) is 13.5. The molecule has 0 aliphatic heterocycles. The Morgan fingerprint density at radius 2 is 2.21 bits per heavy atom. The monoisotopic (exact) mass is 279 g/mol. The zero-order chi connectivity index (χ0) is 13.7. The first-order valence-electron chi connectivity index (χ1n) is 6.08. The average molecular weight is 279 g/mol. The molecule has 0 aliphatic rings. The van der Waals surface area contributed by atoms with Gasteiger partial charge in [-0.1, -0.05) is 6.07 Å². The predicted molar refractivity (Wildman–Crippen MR) is 76.5 cm³/mol. The topological polar surface area (TPSA) is 86.0 Å². The van der Waals surface area contributed by atoms with Crippen molar-refractivity contribution >= 4 is 23.2 Å². The quantitative estimate of drug-likeness (QED) is 0.840. The molecule has 0 unspecified atom stereocenters. The van der Waals surface area contributed by atoms with Gasteiger partial charge in [0.15, 0.2) is 0 Å². The highest BCUT2D eigenvalue weighted by atomic mass is 32.1. The van der Waals surface area contributed by atoms with E-state index in [0.29, 0.717) is 5.95 Å². The van der Waals surface area contributed by atoms with Gasteiger partial charge in [0, 0.05) is 11.4 Å². The van der Waals surface area contributed by atoms with E-state index < -0.39 is 0 Å². The molecule has 6 nitrogen and oxygen atoms in total. The van der Waals surface area contributed by atoms with Gasteiger partial charge in [0.05, 0.1) is 6.10 Å². The Balaban J connectivity index is 1.93. The van der Waals surface area contributed by atoms with Gasteiger partial charge in [-0.3, -0.25) is 0 Å². The van der Waals surface area contributed by atoms with Gasteiger partial charge in [0.25, 0.3) is 0 Å². The minimum Gasteiger partial charge on any atom is -0.461 e. The fraction of sp³-hybridized carbons (Fsp3) is 0.417. The lowest BCUT2D eigenvalue weighted by Crippen LogP contribution is -2.14. The molecule has 3 N–H and O–H groups in total. The van der Waals surface area contributed by atoms with Gasteiger partial charge in [0.2, 0.25) is 11.9 Å². The van der Waals surface area contributed by atoms with E-state index in [2.05, 4.69) is 31.7 Å². The molecule has 0 fully saturated rings. The molecule has 0 bridgehead atoms. The van der Waals surface area contributed by atoms with E-state index in [-0.39, 0.29) is 18.1 Å². The lowest BCUT2D eigenvalue weighted by atomic mass is 10.3. The van der Waals surface area contributed by atoms with Crippen molar-refractivity contribution in [3.63, 3.8) is 0 Å². The van der Waals surface area contributed by atoms with Crippen LogP contribution in [0.25, 0.3) is 0 Å². The van der Waals surface area contributed by atoms with Crippen molar-refractivity contribution in [2.24, 2.45) is 0 Å². The predicted octanol–water partition coefficient (Wildman–Crippen LogP) is 1.96. The van der Waals surface area contributed by atoms with Crippen molar-refractivity contribution in [1.82, 2.24) is 15.0 Å². The van der Waals surface area contributed by atoms with E-state index in [1.54, 1.807) is 11.3 Å². The molecule has 2 rings (SSSR count). The van der Waals surface area contributed by atoms with E-state index in [4.69, 9.17) is 10.5 Å². The summed E-state index contributed by atoms with van der Waals surface area (Å²) in [4.78, 5) is 13.4. The molecule has 19 heavy (non-hydrogen) atoms. The molecular weight excluding hydrogens is 262 g/mol. The second-order valence-electron chi connectivity index (χ2n) is 4.22. The Labute approximate surface area is 116 Å². The lowest BCUT2D eigenvalue weighted by molar-refractivity contribution is 0.222. The fourth-order valence-electron chi connectivity index (χ4n) is 1.47. The van der Waals surface area contributed by atoms with Crippen LogP contribution in [-0.4, -0.2) is 27.6 Å². The number of thiophene rings is 1. The number of nitrogen functional groups attached to an aromatic ring is 1. The van der Waals surface area contributed by atoms with Crippen LogP contribution in [0.2, 0.25) is 0 Å². The summed E-state index contributed by atoms with van der Waals surface area (Å²) >= 11 is 1.73. The fourth-order valence-corrected chi connectivity index (χ4v) is 2.18. The maximum atomic E-state index is 5.62. The first-order valence-corrected chi connectivity index (χ1v) is 6.96. The Morgan fingerprint density at radius 1 is 1.37 bits per heavy atom. The molecule has 0 atom stereocenters. The Morgan fingerprint density at radius 3 is 2.89 bits per heavy atom. The largest absolute Gasteiger partial charge is 0.461 e. The molecule has 2 aromatic rings. The number of ether oxygens (including phenoxy) is 1. The third-order valence-corrected chi connectivity index (χ3v) is 3.14. The van der Waals surface area contributed by atoms with Crippen molar-refractivity contribution < 1.29 is 4.74 Å². The smallest absolute Gasteiger partial charge is 0.323 e. The molecule has 0 aliphatic carbocycles. The zero-order valence-electron chi connectivity index (χ0n) is 11.0. The van der Waals surface area contributed by atoms with Crippen LogP contribution in [0, 0.1) is 0 Å². The van der Waals surface area contributed by atoms with Crippen molar-refractivity contribution in [2.75, 3.05) is 17.6 Å². The summed E-state index contributed by atoms with van der Waals surface area (Å²) in [6, 6.07) is 4.39. The number of anilines is 2. The summed E-state index contributed by atoms with van der Waals surface area (Å²) < 4.78 is 5.41. The lowest BCUT2D eigenvalue weighted by Gasteiger charge is -2.09. The summed E-state index contributed by atoms with van der Waals surface area (Å²) in [5.41, 5.74) is 5.62. The summed E-state index contributed by atoms with van der Waals surface area (Å²) in [7, 11) is 0. The second-order valence-corrected chi connectivity index (χ2v) is 5.25. The molecule has 102 valence electrons. The van der Waals surface area contributed by atoms with Gasteiger partial charge >= 0.3 is 6.01 Å². The first-order chi connectivity index (χ1) is 9.13. The number of aromatic nitrogens is 3. The standard InChI is InChI=1S/C12H17N5OS/c1-8(2)18-12-16-10(13)15-11(17-12)14-6-5-9-4-3-7-19-9/h3-4,7-8H,5-6H2,1-2H3,(H3,13,14,15,16,17). The Hall–Kier alpha value is -1.89. The molecule has 7 heteroatoms. The van der Waals surface area contributed by atoms with E-state index in [1.807, 2.05) is 19.9 Å². The summed E-state index contributed by atoms with van der Waals surface area (Å²) in [6.07, 6.45) is 0.921. The molecule has 0 spiro atoms. The Kier molecular flexibility index (Phi) is 4.51. The summed E-state index contributed by atoms with van der Waals surface area (Å²) in [6.45, 7) is 4.55. The molecule has 0 saturated carbocycles. The molecule has 0 radical (unpaired) electrons. The van der Waals surface area contributed by atoms with Crippen LogP contribution < -0.4 is 15.8 Å². The Bertz CT molecular complexity index is 515. The van der Waals surface area contributed by atoms with Gasteiger partial charge in [-0.25, -0.2) is 0 Å². The number of rotatable bonds is 6. The van der Waals surface area contributed by atoms with E-state index >= 15 is 0 Å². The number of hydrogen-bond donors (Lipinski definition) is 2. The van der Waals surface area contributed by atoms with Crippen LogP contribution >= 0.6 is 11.3 Å². The van der Waals surface area contributed by atoms with Crippen molar-refractivity contribution in [3.05, 3.63) is 22.4 Å². The molecule has 0 saturated heterocycles. The summed E-state index contributed by atoms with van der Waals surface area (Å²) in [5.74, 6) is 0.601. The van der Waals surface area contributed by atoms with E-state index in [0.717, 1.165) is 13.0 Å². The molecule has 0 amide bonds. The third-order valence-electron chi connectivity index (χ3n) is 2.21. The van der Waals surface area contributed by atoms with Gasteiger partial charge in [-0.15, -0.1) is 11.3 Å². The van der Waals surface area contributed by atoms with Gasteiger partial charge in [0.1, 0.15) is 0 Å². The van der Waals surface area contributed by atoms with Crippen LogP contribution in [0.1, 0.15) is 18.7 Å². The van der Waals surface area contributed by atoms with Crippen LogP contribution in [0.5, 0.6) is 6.01 Å². The molecular formula is C12H17N5OS. The van der Waals surface area contributed by atoms with Crippen molar-refractivity contribution in [3.8, 4) is 6.01 Å². The van der Waals surface area contributed by atoms with Crippen molar-refractivity contribution in [2.45, 2.75) is 26.4 Å². The van der Waals surface area contributed by atoms with Gasteiger partial charge < -0.3 is 15.8 Å². The minimum atomic E-state index is 0.000712. The molecule has 0 aromatic carbocycles. The van der Waals surface area contributed by atoms with Crippen molar-refractivity contribution in [1.29, 1.82) is 0 Å². The molecule has 2 aromatic heterocycles. The van der Waals surface area contributed by atoms with Crippen LogP contribution in [0.15, 0.2) is 17.5 Å². The van der Waals surface area contributed by atoms with Gasteiger partial charge in [-0.05, 0) is 31.7 Å². The van der Waals surface area contributed by atoms with E-state index in [9.17, 15) is 0 Å². The maximum Gasteiger partial charge on any atom is 0.323 e. The van der Waals surface area contributed by atoms with Crippen LogP contribution in [-0.2, 0) is 6.42 Å². The molecule has 2 heterocycles. The van der Waals surface area contributed by atoms with E-state index in [1.165, 1.54) is 4.88 Å². The normalized spacial score (nSPS) is 10.7. The highest BCUT2D eigenvalue weighted by Crippen LogP contribution is 2.12. The number of nitrogens with one attached hydrogen (secondary N) is 1. The highest BCUT2D eigenvalue weighted by molar-refractivity contribution is 7.09. The third kappa shape index (κ3) is 4.36. The zero-order valence-corrected chi connectivity index (χ0v) is 11.8. The highest BCUT2D eigenvalue weighted by Gasteiger charge is 2.06. The number of nitrogens with zero attached hydrogens (tertiary/aromatic N) is 3. The summed E-state index contributed by atoms with van der Waals surface area (Å²) in [5, 5.41) is 5.18.